The van der Waals surface area contributed by atoms with E-state index in [-0.39, 0.29) is 11.8 Å². The van der Waals surface area contributed by atoms with E-state index >= 15 is 0 Å². The minimum atomic E-state index is -0.228. The minimum Gasteiger partial charge on any atom is -0.328 e. The van der Waals surface area contributed by atoms with Crippen molar-refractivity contribution >= 4 is 34.3 Å². The Balaban J connectivity index is 1.76. The van der Waals surface area contributed by atoms with E-state index in [0.717, 1.165) is 51.9 Å². The highest BCUT2D eigenvalue weighted by molar-refractivity contribution is 7.99. The summed E-state index contributed by atoms with van der Waals surface area (Å²) in [7, 11) is 0. The SMILES string of the molecule is CCSc1nc2n(n1)C(c1cccc3ccccc13)C1=C(CCCC1=O)N2. The molecule has 5 nitrogen and oxygen atoms in total. The number of anilines is 1. The van der Waals surface area contributed by atoms with Crippen LogP contribution in [0, 0.1) is 0 Å². The van der Waals surface area contributed by atoms with Gasteiger partial charge in [0.25, 0.3) is 0 Å². The maximum absolute atomic E-state index is 12.9. The average molecular weight is 376 g/mol. The molecule has 2 aliphatic rings. The van der Waals surface area contributed by atoms with Crippen LogP contribution in [0.15, 0.2) is 58.9 Å². The van der Waals surface area contributed by atoms with Gasteiger partial charge in [0.1, 0.15) is 6.04 Å². The van der Waals surface area contributed by atoms with E-state index in [0.29, 0.717) is 6.42 Å². The molecule has 1 N–H and O–H groups in total. The van der Waals surface area contributed by atoms with Crippen LogP contribution in [0.1, 0.15) is 37.8 Å². The Morgan fingerprint density at radius 2 is 2.04 bits per heavy atom. The molecule has 3 aromatic rings. The third-order valence-corrected chi connectivity index (χ3v) is 5.96. The summed E-state index contributed by atoms with van der Waals surface area (Å²) in [5.74, 6) is 1.86. The largest absolute Gasteiger partial charge is 0.328 e. The number of carbonyl (C=O) groups is 1. The highest BCUT2D eigenvalue weighted by Crippen LogP contribution is 2.42. The van der Waals surface area contributed by atoms with E-state index in [1.165, 1.54) is 5.39 Å². The Labute approximate surface area is 161 Å². The summed E-state index contributed by atoms with van der Waals surface area (Å²) in [6, 6.07) is 14.4. The Kier molecular flexibility index (Phi) is 4.01. The number of thioether (sulfide) groups is 1. The monoisotopic (exact) mass is 376 g/mol. The molecule has 5 rings (SSSR count). The van der Waals surface area contributed by atoms with Crippen molar-refractivity contribution in [2.24, 2.45) is 0 Å². The predicted molar refractivity (Wildman–Crippen MR) is 108 cm³/mol. The number of hydrogen-bond donors (Lipinski definition) is 1. The quantitative estimate of drug-likeness (QED) is 0.679. The van der Waals surface area contributed by atoms with Crippen LogP contribution in [0.3, 0.4) is 0 Å². The van der Waals surface area contributed by atoms with Crippen LogP contribution >= 0.6 is 11.8 Å². The molecule has 0 saturated carbocycles. The van der Waals surface area contributed by atoms with Crippen molar-refractivity contribution in [1.82, 2.24) is 14.8 Å². The van der Waals surface area contributed by atoms with Gasteiger partial charge in [-0.2, -0.15) is 4.98 Å². The maximum atomic E-state index is 12.9. The van der Waals surface area contributed by atoms with Crippen LogP contribution in [-0.4, -0.2) is 26.3 Å². The molecule has 1 aromatic heterocycles. The summed E-state index contributed by atoms with van der Waals surface area (Å²) in [6.07, 6.45) is 2.37. The van der Waals surface area contributed by atoms with Gasteiger partial charge in [-0.25, -0.2) is 4.68 Å². The molecule has 1 aliphatic heterocycles. The first-order valence-electron chi connectivity index (χ1n) is 9.36. The maximum Gasteiger partial charge on any atom is 0.227 e. The Morgan fingerprint density at radius 1 is 1.19 bits per heavy atom. The molecule has 0 amide bonds. The van der Waals surface area contributed by atoms with Gasteiger partial charge in [0.15, 0.2) is 5.78 Å². The van der Waals surface area contributed by atoms with Gasteiger partial charge in [-0.3, -0.25) is 4.79 Å². The Hall–Kier alpha value is -2.60. The summed E-state index contributed by atoms with van der Waals surface area (Å²) < 4.78 is 1.90. The predicted octanol–water partition coefficient (Wildman–Crippen LogP) is 4.57. The molecule has 1 unspecified atom stereocenters. The number of aromatic nitrogens is 3. The molecule has 0 spiro atoms. The van der Waals surface area contributed by atoms with Gasteiger partial charge in [0, 0.05) is 17.7 Å². The molecule has 0 radical (unpaired) electrons. The van der Waals surface area contributed by atoms with Crippen molar-refractivity contribution in [3.8, 4) is 0 Å². The molecule has 6 heteroatoms. The van der Waals surface area contributed by atoms with Crippen molar-refractivity contribution in [2.45, 2.75) is 37.4 Å². The van der Waals surface area contributed by atoms with Gasteiger partial charge in [0.2, 0.25) is 11.1 Å². The van der Waals surface area contributed by atoms with Crippen LogP contribution in [0.25, 0.3) is 10.8 Å². The number of fused-ring (bicyclic) bond motifs is 2. The van der Waals surface area contributed by atoms with Crippen LogP contribution in [0.4, 0.5) is 5.95 Å². The molecular formula is C21H20N4OS. The molecule has 1 atom stereocenters. The zero-order valence-corrected chi connectivity index (χ0v) is 15.9. The number of carbonyl (C=O) groups excluding carboxylic acids is 1. The summed E-state index contributed by atoms with van der Waals surface area (Å²) in [4.78, 5) is 17.6. The average Bonchev–Trinajstić information content (AvgIpc) is 3.08. The van der Waals surface area contributed by atoms with Crippen LogP contribution in [0.2, 0.25) is 0 Å². The highest BCUT2D eigenvalue weighted by Gasteiger charge is 2.37. The van der Waals surface area contributed by atoms with E-state index in [1.54, 1.807) is 11.8 Å². The van der Waals surface area contributed by atoms with E-state index < -0.39 is 0 Å². The number of ketones is 1. The van der Waals surface area contributed by atoms with Crippen molar-refractivity contribution in [3.63, 3.8) is 0 Å². The number of nitrogens with zero attached hydrogens (tertiary/aromatic N) is 3. The lowest BCUT2D eigenvalue weighted by atomic mass is 9.84. The number of Topliss-reactive ketones (excluding diaryl/α,β-unsaturated/α-hetero) is 1. The molecule has 0 saturated heterocycles. The minimum absolute atomic E-state index is 0.215. The van der Waals surface area contributed by atoms with Crippen LogP contribution < -0.4 is 5.32 Å². The number of benzene rings is 2. The Bertz CT molecular complexity index is 1080. The molecule has 0 fully saturated rings. The lowest BCUT2D eigenvalue weighted by Crippen LogP contribution is -2.31. The fourth-order valence-corrected chi connectivity index (χ4v) is 4.66. The normalized spacial score (nSPS) is 19.0. The molecular weight excluding hydrogens is 356 g/mol. The molecule has 2 heterocycles. The van der Waals surface area contributed by atoms with Crippen molar-refractivity contribution < 1.29 is 4.79 Å². The summed E-state index contributed by atoms with van der Waals surface area (Å²) >= 11 is 1.62. The number of rotatable bonds is 3. The van der Waals surface area contributed by atoms with E-state index in [4.69, 9.17) is 5.10 Å². The molecule has 136 valence electrons. The second kappa shape index (κ2) is 6.53. The summed E-state index contributed by atoms with van der Waals surface area (Å²) in [5.41, 5.74) is 2.97. The van der Waals surface area contributed by atoms with Crippen molar-refractivity contribution in [2.75, 3.05) is 11.1 Å². The van der Waals surface area contributed by atoms with Gasteiger partial charge in [-0.15, -0.1) is 5.10 Å². The molecule has 2 aromatic carbocycles. The second-order valence-electron chi connectivity index (χ2n) is 6.86. The number of allylic oxidation sites excluding steroid dienone is 2. The highest BCUT2D eigenvalue weighted by atomic mass is 32.2. The smallest absolute Gasteiger partial charge is 0.227 e. The zero-order valence-electron chi connectivity index (χ0n) is 15.1. The first-order valence-corrected chi connectivity index (χ1v) is 10.3. The van der Waals surface area contributed by atoms with E-state index in [1.807, 2.05) is 16.8 Å². The lowest BCUT2D eigenvalue weighted by molar-refractivity contribution is -0.116. The Morgan fingerprint density at radius 3 is 2.93 bits per heavy atom. The first-order chi connectivity index (χ1) is 13.3. The van der Waals surface area contributed by atoms with Gasteiger partial charge < -0.3 is 5.32 Å². The fraction of sp³-hybridized carbons (Fsp3) is 0.286. The first kappa shape index (κ1) is 16.6. The standard InChI is InChI=1S/C21H20N4OS/c1-2-27-21-23-20-22-16-11-6-12-17(26)18(16)19(25(20)24-21)15-10-5-8-13-7-3-4-9-14(13)15/h3-5,7-10,19H,2,6,11-12H2,1H3,(H,22,23,24). The van der Waals surface area contributed by atoms with Gasteiger partial charge in [-0.1, -0.05) is 61.2 Å². The van der Waals surface area contributed by atoms with E-state index in [9.17, 15) is 4.79 Å². The van der Waals surface area contributed by atoms with Crippen molar-refractivity contribution in [1.29, 1.82) is 0 Å². The van der Waals surface area contributed by atoms with E-state index in [2.05, 4.69) is 47.6 Å². The van der Waals surface area contributed by atoms with Gasteiger partial charge >= 0.3 is 0 Å². The summed E-state index contributed by atoms with van der Waals surface area (Å²) in [5, 5.41) is 11.2. The van der Waals surface area contributed by atoms with Crippen LogP contribution in [0.5, 0.6) is 0 Å². The topological polar surface area (TPSA) is 59.8 Å². The third kappa shape index (κ3) is 2.67. The molecule has 1 aliphatic carbocycles. The van der Waals surface area contributed by atoms with Gasteiger partial charge in [-0.05, 0) is 34.9 Å². The van der Waals surface area contributed by atoms with Gasteiger partial charge in [0.05, 0.1) is 0 Å². The third-order valence-electron chi connectivity index (χ3n) is 5.24. The summed E-state index contributed by atoms with van der Waals surface area (Å²) in [6.45, 7) is 2.09. The molecule has 0 bridgehead atoms. The fourth-order valence-electron chi connectivity index (χ4n) is 4.10. The second-order valence-corrected chi connectivity index (χ2v) is 8.09. The number of nitrogens with one attached hydrogen (secondary N) is 1. The van der Waals surface area contributed by atoms with Crippen molar-refractivity contribution in [3.05, 3.63) is 59.3 Å². The number of hydrogen-bond acceptors (Lipinski definition) is 5. The lowest BCUT2D eigenvalue weighted by Gasteiger charge is -2.32. The molecule has 27 heavy (non-hydrogen) atoms. The van der Waals surface area contributed by atoms with Crippen LogP contribution in [-0.2, 0) is 4.79 Å². The zero-order chi connectivity index (χ0) is 18.4.